The second-order valence-corrected chi connectivity index (χ2v) is 8.07. The molecule has 0 saturated heterocycles. The van der Waals surface area contributed by atoms with Gasteiger partial charge in [-0.15, -0.1) is 0 Å². The number of aromatic nitrogens is 2. The monoisotopic (exact) mass is 367 g/mol. The van der Waals surface area contributed by atoms with Gasteiger partial charge in [-0.3, -0.25) is 4.98 Å². The van der Waals surface area contributed by atoms with Crippen molar-refractivity contribution in [2.75, 3.05) is 5.73 Å². The number of anilines is 1. The Bertz CT molecular complexity index is 929. The number of rotatable bonds is 4. The molecule has 1 atom stereocenters. The van der Waals surface area contributed by atoms with E-state index in [1.807, 2.05) is 30.3 Å². The summed E-state index contributed by atoms with van der Waals surface area (Å²) in [5, 5.41) is 0.213. The zero-order valence-corrected chi connectivity index (χ0v) is 14.9. The highest BCUT2D eigenvalue weighted by atomic mass is 32.2. The van der Waals surface area contributed by atoms with Crippen molar-refractivity contribution in [2.45, 2.75) is 29.4 Å². The Labute approximate surface area is 154 Å². The first-order valence-electron chi connectivity index (χ1n) is 8.51. The van der Waals surface area contributed by atoms with Crippen LogP contribution in [0.4, 0.5) is 10.2 Å². The Morgan fingerprint density at radius 1 is 1.04 bits per heavy atom. The fourth-order valence-electron chi connectivity index (χ4n) is 3.01. The molecule has 0 aliphatic heterocycles. The van der Waals surface area contributed by atoms with Crippen LogP contribution in [0, 0.1) is 5.82 Å². The molecule has 0 radical (unpaired) electrons. The Balaban J connectivity index is 1.71. The normalized spacial score (nSPS) is 15.5. The third kappa shape index (κ3) is 3.18. The van der Waals surface area contributed by atoms with Crippen molar-refractivity contribution in [1.82, 2.24) is 9.97 Å². The highest BCUT2D eigenvalue weighted by Gasteiger charge is 2.32. The summed E-state index contributed by atoms with van der Waals surface area (Å²) in [6, 6.07) is 12.5. The Kier molecular flexibility index (Phi) is 4.61. The van der Waals surface area contributed by atoms with Crippen molar-refractivity contribution >= 4 is 17.0 Å². The molecule has 1 aromatic heterocycles. The van der Waals surface area contributed by atoms with Gasteiger partial charge in [0.05, 0.1) is 18.1 Å². The third-order valence-electron chi connectivity index (χ3n) is 4.69. The topological polar surface area (TPSA) is 74.9 Å². The summed E-state index contributed by atoms with van der Waals surface area (Å²) in [5.74, 6) is -0.107. The summed E-state index contributed by atoms with van der Waals surface area (Å²) in [7, 11) is 0. The Morgan fingerprint density at radius 3 is 2.50 bits per heavy atom. The second-order valence-electron chi connectivity index (χ2n) is 6.37. The molecular formula is C20H18FN3OS. The summed E-state index contributed by atoms with van der Waals surface area (Å²) < 4.78 is 27.5. The molecule has 1 saturated carbocycles. The van der Waals surface area contributed by atoms with Crippen molar-refractivity contribution in [2.24, 2.45) is 0 Å². The standard InChI is InChI=1S/C20H18FN3OS/c21-17-10-13(8-9-16(17)18-11-24-20(22)12-23-18)15-6-1-2-7-19(15)26(25)14-4-3-5-14/h1-2,6-12,14H,3-5H2,(H2,22,24). The molecule has 0 spiro atoms. The number of nitrogen functional groups attached to an aromatic ring is 1. The van der Waals surface area contributed by atoms with Gasteiger partial charge in [-0.1, -0.05) is 18.2 Å². The maximum atomic E-state index is 14.7. The summed E-state index contributed by atoms with van der Waals surface area (Å²) >= 11 is -1.06. The number of halogens is 1. The molecule has 0 amide bonds. The van der Waals surface area contributed by atoms with Gasteiger partial charge >= 0.3 is 0 Å². The van der Waals surface area contributed by atoms with Gasteiger partial charge in [0.25, 0.3) is 0 Å². The zero-order chi connectivity index (χ0) is 18.1. The molecule has 1 fully saturated rings. The Hall–Kier alpha value is -2.44. The molecule has 132 valence electrons. The molecule has 1 unspecified atom stereocenters. The second kappa shape index (κ2) is 7.05. The lowest BCUT2D eigenvalue weighted by Crippen LogP contribution is -2.28. The van der Waals surface area contributed by atoms with Crippen molar-refractivity contribution < 1.29 is 8.94 Å². The van der Waals surface area contributed by atoms with Crippen LogP contribution in [0.1, 0.15) is 19.3 Å². The molecule has 1 heterocycles. The van der Waals surface area contributed by atoms with E-state index in [0.717, 1.165) is 29.7 Å². The van der Waals surface area contributed by atoms with E-state index in [0.29, 0.717) is 16.8 Å². The summed E-state index contributed by atoms with van der Waals surface area (Å²) in [4.78, 5) is 8.86. The highest BCUT2D eigenvalue weighted by Crippen LogP contribution is 2.37. The molecule has 4 rings (SSSR count). The van der Waals surface area contributed by atoms with Crippen molar-refractivity contribution in [1.29, 1.82) is 0 Å². The number of nitrogens with zero attached hydrogens (tertiary/aromatic N) is 2. The molecule has 3 aromatic rings. The number of hydrogen-bond acceptors (Lipinski definition) is 4. The van der Waals surface area contributed by atoms with E-state index in [1.165, 1.54) is 18.5 Å². The molecule has 6 heteroatoms. The molecular weight excluding hydrogens is 349 g/mol. The minimum atomic E-state index is -1.06. The summed E-state index contributed by atoms with van der Waals surface area (Å²) in [6.45, 7) is 0. The Morgan fingerprint density at radius 2 is 1.85 bits per heavy atom. The van der Waals surface area contributed by atoms with Gasteiger partial charge in [0.1, 0.15) is 16.9 Å². The smallest absolute Gasteiger partial charge is 0.160 e. The predicted molar refractivity (Wildman–Crippen MR) is 101 cm³/mol. The number of benzene rings is 2. The van der Waals surface area contributed by atoms with Gasteiger partial charge in [-0.25, -0.2) is 9.37 Å². The van der Waals surface area contributed by atoms with Crippen LogP contribution in [0.2, 0.25) is 0 Å². The first-order chi connectivity index (χ1) is 12.6. The average Bonchev–Trinajstić information content (AvgIpc) is 2.61. The van der Waals surface area contributed by atoms with Crippen molar-refractivity contribution in [3.05, 3.63) is 60.7 Å². The SMILES string of the molecule is Nc1cnc(-c2ccc(-c3ccccc3[S+]([O-])C3CCC3)cc2F)cn1. The van der Waals surface area contributed by atoms with E-state index in [-0.39, 0.29) is 11.1 Å². The lowest BCUT2D eigenvalue weighted by atomic mass is 10.00. The van der Waals surface area contributed by atoms with Gasteiger partial charge in [0, 0.05) is 11.1 Å². The minimum absolute atomic E-state index is 0.213. The zero-order valence-electron chi connectivity index (χ0n) is 14.1. The lowest BCUT2D eigenvalue weighted by Gasteiger charge is -2.28. The van der Waals surface area contributed by atoms with Crippen LogP contribution in [0.25, 0.3) is 22.4 Å². The van der Waals surface area contributed by atoms with E-state index < -0.39 is 17.0 Å². The van der Waals surface area contributed by atoms with E-state index >= 15 is 0 Å². The van der Waals surface area contributed by atoms with Gasteiger partial charge in [0.2, 0.25) is 0 Å². The first kappa shape index (κ1) is 17.0. The van der Waals surface area contributed by atoms with Crippen molar-refractivity contribution in [3.8, 4) is 22.4 Å². The molecule has 1 aliphatic carbocycles. The molecule has 2 aromatic carbocycles. The first-order valence-corrected chi connectivity index (χ1v) is 9.72. The van der Waals surface area contributed by atoms with Crippen LogP contribution in [0.15, 0.2) is 59.8 Å². The van der Waals surface area contributed by atoms with Crippen LogP contribution >= 0.6 is 0 Å². The maximum Gasteiger partial charge on any atom is 0.160 e. The average molecular weight is 367 g/mol. The third-order valence-corrected chi connectivity index (χ3v) is 6.55. The highest BCUT2D eigenvalue weighted by molar-refractivity contribution is 7.92. The fourth-order valence-corrected chi connectivity index (χ4v) is 4.75. The fraction of sp³-hybridized carbons (Fsp3) is 0.200. The minimum Gasteiger partial charge on any atom is -0.611 e. The summed E-state index contributed by atoms with van der Waals surface area (Å²) in [5.41, 5.74) is 7.84. The number of hydrogen-bond donors (Lipinski definition) is 1. The van der Waals surface area contributed by atoms with Gasteiger partial charge < -0.3 is 10.3 Å². The van der Waals surface area contributed by atoms with Crippen molar-refractivity contribution in [3.63, 3.8) is 0 Å². The van der Waals surface area contributed by atoms with E-state index in [1.54, 1.807) is 6.07 Å². The largest absolute Gasteiger partial charge is 0.611 e. The van der Waals surface area contributed by atoms with Crippen LogP contribution in [-0.4, -0.2) is 19.8 Å². The van der Waals surface area contributed by atoms with Gasteiger partial charge in [-0.05, 0) is 60.3 Å². The number of nitrogens with two attached hydrogens (primary N) is 1. The summed E-state index contributed by atoms with van der Waals surface area (Å²) in [6.07, 6.45) is 5.96. The van der Waals surface area contributed by atoms with Gasteiger partial charge in [-0.2, -0.15) is 0 Å². The lowest BCUT2D eigenvalue weighted by molar-refractivity contribution is 0.476. The van der Waals surface area contributed by atoms with Crippen LogP contribution in [0.3, 0.4) is 0 Å². The van der Waals surface area contributed by atoms with E-state index in [4.69, 9.17) is 5.73 Å². The molecule has 4 nitrogen and oxygen atoms in total. The van der Waals surface area contributed by atoms with Crippen LogP contribution in [-0.2, 0) is 11.2 Å². The molecule has 26 heavy (non-hydrogen) atoms. The molecule has 2 N–H and O–H groups in total. The molecule has 1 aliphatic rings. The van der Waals surface area contributed by atoms with E-state index in [9.17, 15) is 8.94 Å². The quantitative estimate of drug-likeness (QED) is 0.702. The maximum absolute atomic E-state index is 14.7. The van der Waals surface area contributed by atoms with Crippen LogP contribution < -0.4 is 5.73 Å². The van der Waals surface area contributed by atoms with Crippen LogP contribution in [0.5, 0.6) is 0 Å². The van der Waals surface area contributed by atoms with Gasteiger partial charge in [0.15, 0.2) is 4.90 Å². The van der Waals surface area contributed by atoms with E-state index in [2.05, 4.69) is 9.97 Å². The molecule has 0 bridgehead atoms. The predicted octanol–water partition coefficient (Wildman–Crippen LogP) is 4.19.